The second-order valence-corrected chi connectivity index (χ2v) is 5.32. The van der Waals surface area contributed by atoms with Crippen LogP contribution in [0.15, 0.2) is 54.6 Å². The van der Waals surface area contributed by atoms with Crippen LogP contribution < -0.4 is 10.2 Å². The van der Waals surface area contributed by atoms with Crippen molar-refractivity contribution >= 4 is 23.3 Å². The zero-order chi connectivity index (χ0) is 18.4. The lowest BCUT2D eigenvalue weighted by Gasteiger charge is -2.17. The van der Waals surface area contributed by atoms with E-state index in [1.165, 1.54) is 24.1 Å². The summed E-state index contributed by atoms with van der Waals surface area (Å²) in [6, 6.07) is 16.8. The number of amides is 2. The van der Waals surface area contributed by atoms with Gasteiger partial charge in [0.05, 0.1) is 6.07 Å². The number of carbonyl (C=O) groups excluding carboxylic acids is 3. The van der Waals surface area contributed by atoms with Crippen molar-refractivity contribution in [2.45, 2.75) is 0 Å². The average molecular weight is 335 g/mol. The molecule has 0 aromatic heterocycles. The molecule has 6 heteroatoms. The van der Waals surface area contributed by atoms with Gasteiger partial charge in [-0.05, 0) is 24.3 Å². The summed E-state index contributed by atoms with van der Waals surface area (Å²) in [6.07, 6.45) is 0. The molecule has 1 unspecified atom stereocenters. The Morgan fingerprint density at radius 3 is 2.28 bits per heavy atom. The summed E-state index contributed by atoms with van der Waals surface area (Å²) in [5.41, 5.74) is 1.15. The van der Waals surface area contributed by atoms with Crippen LogP contribution in [0.2, 0.25) is 0 Å². The third-order valence-corrected chi connectivity index (χ3v) is 3.74. The number of nitrogens with one attached hydrogen (secondary N) is 1. The number of anilines is 1. The first-order valence-corrected chi connectivity index (χ1v) is 7.58. The predicted octanol–water partition coefficient (Wildman–Crippen LogP) is 2.03. The first kappa shape index (κ1) is 17.9. The molecule has 2 aromatic rings. The molecule has 25 heavy (non-hydrogen) atoms. The second-order valence-electron chi connectivity index (χ2n) is 5.32. The Hall–Kier alpha value is -3.46. The van der Waals surface area contributed by atoms with Crippen molar-refractivity contribution in [3.63, 3.8) is 0 Å². The topological polar surface area (TPSA) is 90.3 Å². The highest BCUT2D eigenvalue weighted by atomic mass is 16.2. The largest absolute Gasteiger partial charge is 0.358 e. The Balaban J connectivity index is 2.29. The van der Waals surface area contributed by atoms with Gasteiger partial charge in [-0.15, -0.1) is 0 Å². The van der Waals surface area contributed by atoms with Crippen molar-refractivity contribution in [1.82, 2.24) is 5.32 Å². The van der Waals surface area contributed by atoms with E-state index in [2.05, 4.69) is 5.32 Å². The van der Waals surface area contributed by atoms with Gasteiger partial charge in [-0.25, -0.2) is 0 Å². The molecular weight excluding hydrogens is 318 g/mol. The van der Waals surface area contributed by atoms with Crippen molar-refractivity contribution in [1.29, 1.82) is 5.26 Å². The van der Waals surface area contributed by atoms with Crippen LogP contribution in [-0.4, -0.2) is 31.7 Å². The second kappa shape index (κ2) is 7.88. The highest BCUT2D eigenvalue weighted by molar-refractivity contribution is 6.13. The van der Waals surface area contributed by atoms with Crippen molar-refractivity contribution in [2.24, 2.45) is 5.92 Å². The standard InChI is InChI=1S/C19H17N3O3/c1-21-18(24)16(12-20)17(23)13-7-6-8-14(11-13)19(25)22(2)15-9-4-3-5-10-15/h3-11,16H,1-2H3,(H,21,24). The first-order valence-electron chi connectivity index (χ1n) is 7.58. The van der Waals surface area contributed by atoms with Gasteiger partial charge in [-0.2, -0.15) is 5.26 Å². The lowest BCUT2D eigenvalue weighted by molar-refractivity contribution is -0.121. The van der Waals surface area contributed by atoms with Gasteiger partial charge in [0.25, 0.3) is 5.91 Å². The maximum Gasteiger partial charge on any atom is 0.258 e. The van der Waals surface area contributed by atoms with Gasteiger partial charge >= 0.3 is 0 Å². The van der Waals surface area contributed by atoms with E-state index in [9.17, 15) is 14.4 Å². The van der Waals surface area contributed by atoms with E-state index in [1.54, 1.807) is 37.4 Å². The Morgan fingerprint density at radius 1 is 1.04 bits per heavy atom. The van der Waals surface area contributed by atoms with E-state index < -0.39 is 17.6 Å². The molecule has 0 saturated heterocycles. The van der Waals surface area contributed by atoms with Crippen LogP contribution in [-0.2, 0) is 4.79 Å². The van der Waals surface area contributed by atoms with Gasteiger partial charge < -0.3 is 10.2 Å². The molecule has 0 aliphatic heterocycles. The minimum Gasteiger partial charge on any atom is -0.358 e. The zero-order valence-electron chi connectivity index (χ0n) is 13.9. The number of carbonyl (C=O) groups is 3. The number of ketones is 1. The van der Waals surface area contributed by atoms with Crippen molar-refractivity contribution < 1.29 is 14.4 Å². The number of Topliss-reactive ketones (excluding diaryl/α,β-unsaturated/α-hetero) is 1. The van der Waals surface area contributed by atoms with Crippen molar-refractivity contribution in [2.75, 3.05) is 19.0 Å². The number of hydrogen-bond donors (Lipinski definition) is 1. The van der Waals surface area contributed by atoms with Crippen molar-refractivity contribution in [3.05, 3.63) is 65.7 Å². The SMILES string of the molecule is CNC(=O)C(C#N)C(=O)c1cccc(C(=O)N(C)c2ccccc2)c1. The smallest absolute Gasteiger partial charge is 0.258 e. The van der Waals surface area contributed by atoms with E-state index in [4.69, 9.17) is 5.26 Å². The first-order chi connectivity index (χ1) is 12.0. The quantitative estimate of drug-likeness (QED) is 0.669. The molecule has 0 aliphatic carbocycles. The minimum atomic E-state index is -1.44. The normalized spacial score (nSPS) is 11.1. The van der Waals surface area contributed by atoms with Gasteiger partial charge in [-0.3, -0.25) is 14.4 Å². The number of nitrogens with zero attached hydrogens (tertiary/aromatic N) is 2. The fourth-order valence-corrected chi connectivity index (χ4v) is 2.32. The molecule has 6 nitrogen and oxygen atoms in total. The maximum absolute atomic E-state index is 12.6. The van der Waals surface area contributed by atoms with Crippen LogP contribution in [0.4, 0.5) is 5.69 Å². The fourth-order valence-electron chi connectivity index (χ4n) is 2.32. The van der Waals surface area contributed by atoms with Gasteiger partial charge in [0.15, 0.2) is 11.7 Å². The van der Waals surface area contributed by atoms with E-state index in [0.29, 0.717) is 11.3 Å². The van der Waals surface area contributed by atoms with E-state index in [1.807, 2.05) is 18.2 Å². The molecule has 1 N–H and O–H groups in total. The van der Waals surface area contributed by atoms with E-state index >= 15 is 0 Å². The summed E-state index contributed by atoms with van der Waals surface area (Å²) in [4.78, 5) is 38.1. The lowest BCUT2D eigenvalue weighted by Crippen LogP contribution is -2.32. The average Bonchev–Trinajstić information content (AvgIpc) is 2.67. The fraction of sp³-hybridized carbons (Fsp3) is 0.158. The molecule has 1 atom stereocenters. The molecule has 0 bridgehead atoms. The minimum absolute atomic E-state index is 0.141. The molecule has 0 spiro atoms. The summed E-state index contributed by atoms with van der Waals surface area (Å²) in [5.74, 6) is -3.05. The summed E-state index contributed by atoms with van der Waals surface area (Å²) in [7, 11) is 2.99. The highest BCUT2D eigenvalue weighted by Crippen LogP contribution is 2.17. The molecule has 0 saturated carbocycles. The third-order valence-electron chi connectivity index (χ3n) is 3.74. The molecule has 2 rings (SSSR count). The Bertz CT molecular complexity index is 840. The molecule has 2 aromatic carbocycles. The van der Waals surface area contributed by atoms with Gasteiger partial charge in [0.1, 0.15) is 0 Å². The van der Waals surface area contributed by atoms with Crippen LogP contribution >= 0.6 is 0 Å². The number of para-hydroxylation sites is 1. The number of benzene rings is 2. The molecule has 0 fully saturated rings. The van der Waals surface area contributed by atoms with Crippen LogP contribution in [0, 0.1) is 17.2 Å². The molecule has 0 radical (unpaired) electrons. The maximum atomic E-state index is 12.6. The summed E-state index contributed by atoms with van der Waals surface area (Å²) >= 11 is 0. The Morgan fingerprint density at radius 2 is 1.68 bits per heavy atom. The van der Waals surface area contributed by atoms with E-state index in [-0.39, 0.29) is 11.5 Å². The number of hydrogen-bond acceptors (Lipinski definition) is 4. The van der Waals surface area contributed by atoms with Crippen LogP contribution in [0.5, 0.6) is 0 Å². The lowest BCUT2D eigenvalue weighted by atomic mass is 9.96. The summed E-state index contributed by atoms with van der Waals surface area (Å²) in [5, 5.41) is 11.4. The third kappa shape index (κ3) is 3.90. The van der Waals surface area contributed by atoms with Crippen LogP contribution in [0.25, 0.3) is 0 Å². The van der Waals surface area contributed by atoms with Gasteiger partial charge in [-0.1, -0.05) is 30.3 Å². The summed E-state index contributed by atoms with van der Waals surface area (Å²) < 4.78 is 0. The van der Waals surface area contributed by atoms with Crippen LogP contribution in [0.3, 0.4) is 0 Å². The molecule has 2 amide bonds. The molecule has 126 valence electrons. The number of rotatable bonds is 5. The Labute approximate surface area is 145 Å². The van der Waals surface area contributed by atoms with Crippen molar-refractivity contribution in [3.8, 4) is 6.07 Å². The van der Waals surface area contributed by atoms with Gasteiger partial charge in [0.2, 0.25) is 5.91 Å². The zero-order valence-corrected chi connectivity index (χ0v) is 13.9. The Kier molecular flexibility index (Phi) is 5.64. The molecule has 0 heterocycles. The molecular formula is C19H17N3O3. The predicted molar refractivity (Wildman–Crippen MR) is 93.1 cm³/mol. The van der Waals surface area contributed by atoms with E-state index in [0.717, 1.165) is 0 Å². The summed E-state index contributed by atoms with van der Waals surface area (Å²) in [6.45, 7) is 0. The van der Waals surface area contributed by atoms with Gasteiger partial charge in [0, 0.05) is 30.9 Å². The number of nitriles is 1. The van der Waals surface area contributed by atoms with Crippen LogP contribution in [0.1, 0.15) is 20.7 Å². The molecule has 0 aliphatic rings. The highest BCUT2D eigenvalue weighted by Gasteiger charge is 2.27. The monoisotopic (exact) mass is 335 g/mol.